The number of rotatable bonds is 4. The standard InChI is InChI=1S/C15H13BrClF2NO/c1-20-15(9-4-3-5-10(16)14(9)17)13-11(18)6-8(21-2)7-12(13)19/h3-7,15,20H,1-2H3. The Morgan fingerprint density at radius 1 is 1.24 bits per heavy atom. The van der Waals surface area contributed by atoms with Crippen LogP contribution in [0.5, 0.6) is 5.75 Å². The lowest BCUT2D eigenvalue weighted by Crippen LogP contribution is -2.21. The summed E-state index contributed by atoms with van der Waals surface area (Å²) in [6.45, 7) is 0. The minimum atomic E-state index is -0.707. The SMILES string of the molecule is CNC(c1cccc(Br)c1Cl)c1c(F)cc(OC)cc1F. The van der Waals surface area contributed by atoms with Crippen molar-refractivity contribution in [2.45, 2.75) is 6.04 Å². The predicted octanol–water partition coefficient (Wildman–Crippen LogP) is 4.70. The summed E-state index contributed by atoms with van der Waals surface area (Å²) >= 11 is 9.53. The second-order valence-corrected chi connectivity index (χ2v) is 5.60. The molecule has 0 aliphatic rings. The predicted molar refractivity (Wildman–Crippen MR) is 83.0 cm³/mol. The Morgan fingerprint density at radius 2 is 1.86 bits per heavy atom. The van der Waals surface area contributed by atoms with Crippen LogP contribution in [0.4, 0.5) is 8.78 Å². The van der Waals surface area contributed by atoms with E-state index in [0.717, 1.165) is 12.1 Å². The molecular weight excluding hydrogens is 364 g/mol. The van der Waals surface area contributed by atoms with Gasteiger partial charge in [0.25, 0.3) is 0 Å². The molecule has 0 fully saturated rings. The summed E-state index contributed by atoms with van der Waals surface area (Å²) in [5, 5.41) is 3.30. The third-order valence-corrected chi connectivity index (χ3v) is 4.47. The van der Waals surface area contributed by atoms with Crippen LogP contribution in [0.2, 0.25) is 5.02 Å². The van der Waals surface area contributed by atoms with E-state index in [2.05, 4.69) is 21.2 Å². The molecule has 0 saturated carbocycles. The van der Waals surface area contributed by atoms with Crippen molar-refractivity contribution in [1.82, 2.24) is 5.32 Å². The van der Waals surface area contributed by atoms with Crippen molar-refractivity contribution in [3.63, 3.8) is 0 Å². The molecule has 2 aromatic rings. The first-order valence-electron chi connectivity index (χ1n) is 6.13. The second kappa shape index (κ2) is 6.73. The molecule has 0 heterocycles. The summed E-state index contributed by atoms with van der Waals surface area (Å²) in [6, 6.07) is 6.83. The zero-order valence-corrected chi connectivity index (χ0v) is 13.7. The van der Waals surface area contributed by atoms with Crippen LogP contribution in [0.1, 0.15) is 17.2 Å². The summed E-state index contributed by atoms with van der Waals surface area (Å²) in [6.07, 6.45) is 0. The van der Waals surface area contributed by atoms with Crippen molar-refractivity contribution in [3.05, 3.63) is 62.6 Å². The van der Waals surface area contributed by atoms with Crippen LogP contribution in [-0.2, 0) is 0 Å². The second-order valence-electron chi connectivity index (χ2n) is 4.37. The molecule has 0 spiro atoms. The van der Waals surface area contributed by atoms with Crippen molar-refractivity contribution in [1.29, 1.82) is 0 Å². The molecule has 0 bridgehead atoms. The zero-order valence-electron chi connectivity index (χ0n) is 11.4. The molecule has 0 saturated heterocycles. The van der Waals surface area contributed by atoms with E-state index in [1.807, 2.05) is 0 Å². The fourth-order valence-electron chi connectivity index (χ4n) is 2.15. The van der Waals surface area contributed by atoms with Gasteiger partial charge >= 0.3 is 0 Å². The van der Waals surface area contributed by atoms with Crippen LogP contribution in [0.3, 0.4) is 0 Å². The van der Waals surface area contributed by atoms with E-state index in [1.54, 1.807) is 25.2 Å². The van der Waals surface area contributed by atoms with E-state index in [0.29, 0.717) is 15.1 Å². The fraction of sp³-hybridized carbons (Fsp3) is 0.200. The molecule has 0 aromatic heterocycles. The highest BCUT2D eigenvalue weighted by Gasteiger charge is 2.24. The van der Waals surface area contributed by atoms with E-state index in [9.17, 15) is 8.78 Å². The van der Waals surface area contributed by atoms with Crippen molar-refractivity contribution in [2.24, 2.45) is 0 Å². The van der Waals surface area contributed by atoms with Crippen LogP contribution in [0.15, 0.2) is 34.8 Å². The normalized spacial score (nSPS) is 12.3. The van der Waals surface area contributed by atoms with Gasteiger partial charge in [-0.3, -0.25) is 0 Å². The van der Waals surface area contributed by atoms with Gasteiger partial charge in [0, 0.05) is 22.2 Å². The summed E-state index contributed by atoms with van der Waals surface area (Å²) in [5.74, 6) is -1.26. The maximum atomic E-state index is 14.2. The molecule has 0 radical (unpaired) electrons. The monoisotopic (exact) mass is 375 g/mol. The Bertz CT molecular complexity index is 643. The van der Waals surface area contributed by atoms with Gasteiger partial charge in [0.1, 0.15) is 17.4 Å². The van der Waals surface area contributed by atoms with Crippen molar-refractivity contribution in [3.8, 4) is 5.75 Å². The third-order valence-electron chi connectivity index (χ3n) is 3.16. The maximum absolute atomic E-state index is 14.2. The van der Waals surface area contributed by atoms with E-state index in [-0.39, 0.29) is 11.3 Å². The molecule has 0 amide bonds. The van der Waals surface area contributed by atoms with E-state index in [1.165, 1.54) is 7.11 Å². The first-order valence-corrected chi connectivity index (χ1v) is 7.30. The topological polar surface area (TPSA) is 21.3 Å². The Hall–Kier alpha value is -1.17. The van der Waals surface area contributed by atoms with Crippen LogP contribution in [0, 0.1) is 11.6 Å². The molecule has 2 nitrogen and oxygen atoms in total. The molecule has 112 valence electrons. The van der Waals surface area contributed by atoms with Gasteiger partial charge in [-0.05, 0) is 34.6 Å². The average Bonchev–Trinajstić information content (AvgIpc) is 2.46. The van der Waals surface area contributed by atoms with Gasteiger partial charge in [0.15, 0.2) is 0 Å². The van der Waals surface area contributed by atoms with Gasteiger partial charge in [0.2, 0.25) is 0 Å². The molecule has 0 aliphatic carbocycles. The number of ether oxygens (including phenoxy) is 1. The largest absolute Gasteiger partial charge is 0.497 e. The number of hydrogen-bond acceptors (Lipinski definition) is 2. The summed E-state index contributed by atoms with van der Waals surface area (Å²) in [5.41, 5.74) is 0.481. The maximum Gasteiger partial charge on any atom is 0.134 e. The molecule has 0 aliphatic heterocycles. The van der Waals surface area contributed by atoms with Gasteiger partial charge in [-0.2, -0.15) is 0 Å². The number of nitrogens with one attached hydrogen (secondary N) is 1. The van der Waals surface area contributed by atoms with Gasteiger partial charge in [0.05, 0.1) is 18.2 Å². The summed E-state index contributed by atoms with van der Waals surface area (Å²) in [7, 11) is 2.97. The zero-order chi connectivity index (χ0) is 15.6. The molecule has 1 unspecified atom stereocenters. The lowest BCUT2D eigenvalue weighted by Gasteiger charge is -2.20. The number of methoxy groups -OCH3 is 1. The van der Waals surface area contributed by atoms with Gasteiger partial charge in [-0.1, -0.05) is 23.7 Å². The molecule has 6 heteroatoms. The van der Waals surface area contributed by atoms with E-state index < -0.39 is 17.7 Å². The van der Waals surface area contributed by atoms with E-state index in [4.69, 9.17) is 16.3 Å². The first-order chi connectivity index (χ1) is 9.99. The number of halogens is 4. The third kappa shape index (κ3) is 3.20. The highest BCUT2D eigenvalue weighted by Crippen LogP contribution is 2.36. The number of hydrogen-bond donors (Lipinski definition) is 1. The fourth-order valence-corrected chi connectivity index (χ4v) is 2.77. The highest BCUT2D eigenvalue weighted by atomic mass is 79.9. The molecule has 2 aromatic carbocycles. The van der Waals surface area contributed by atoms with Crippen molar-refractivity contribution >= 4 is 27.5 Å². The Balaban J connectivity index is 2.59. The van der Waals surface area contributed by atoms with Crippen LogP contribution in [-0.4, -0.2) is 14.2 Å². The van der Waals surface area contributed by atoms with Crippen molar-refractivity contribution in [2.75, 3.05) is 14.2 Å². The highest BCUT2D eigenvalue weighted by molar-refractivity contribution is 9.10. The quantitative estimate of drug-likeness (QED) is 0.835. The van der Waals surface area contributed by atoms with Gasteiger partial charge < -0.3 is 10.1 Å². The molecule has 1 N–H and O–H groups in total. The Kier molecular flexibility index (Phi) is 5.19. The van der Waals surface area contributed by atoms with Gasteiger partial charge in [-0.25, -0.2) is 8.78 Å². The Morgan fingerprint density at radius 3 is 2.38 bits per heavy atom. The first kappa shape index (κ1) is 16.2. The molecule has 1 atom stereocenters. The van der Waals surface area contributed by atoms with Crippen LogP contribution >= 0.6 is 27.5 Å². The Labute approximate surface area is 135 Å². The summed E-state index contributed by atoms with van der Waals surface area (Å²) < 4.78 is 34.0. The average molecular weight is 377 g/mol. The minimum absolute atomic E-state index is 0.0988. The molecule has 2 rings (SSSR count). The van der Waals surface area contributed by atoms with Crippen LogP contribution in [0.25, 0.3) is 0 Å². The van der Waals surface area contributed by atoms with E-state index >= 15 is 0 Å². The lowest BCUT2D eigenvalue weighted by molar-refractivity contribution is 0.403. The van der Waals surface area contributed by atoms with Gasteiger partial charge in [-0.15, -0.1) is 0 Å². The van der Waals surface area contributed by atoms with Crippen molar-refractivity contribution < 1.29 is 13.5 Å². The minimum Gasteiger partial charge on any atom is -0.497 e. The lowest BCUT2D eigenvalue weighted by atomic mass is 9.97. The summed E-state index contributed by atoms with van der Waals surface area (Å²) in [4.78, 5) is 0. The molecule has 21 heavy (non-hydrogen) atoms. The number of benzene rings is 2. The van der Waals surface area contributed by atoms with Crippen LogP contribution < -0.4 is 10.1 Å². The smallest absolute Gasteiger partial charge is 0.134 e. The molecular formula is C15H13BrClF2NO.